The quantitative estimate of drug-likeness (QED) is 0.356. The Morgan fingerprint density at radius 1 is 1.09 bits per heavy atom. The third-order valence-corrected chi connectivity index (χ3v) is 4.69. The molecule has 0 bridgehead atoms. The smallest absolute Gasteiger partial charge is 0.444 e. The topological polar surface area (TPSA) is 69.6 Å². The largest absolute Gasteiger partial charge is 0.573 e. The zero-order chi connectivity index (χ0) is 24.2. The number of halogens is 3. The lowest BCUT2D eigenvalue weighted by Gasteiger charge is -2.19. The normalized spacial score (nSPS) is 11.9. The summed E-state index contributed by atoms with van der Waals surface area (Å²) in [6.07, 6.45) is -1.35. The van der Waals surface area contributed by atoms with Crippen molar-refractivity contribution >= 4 is 23.3 Å². The fraction of sp³-hybridized carbons (Fsp3) is 0.333. The number of rotatable bonds is 7. The van der Waals surface area contributed by atoms with Crippen LogP contribution in [0.25, 0.3) is 16.6 Å². The number of amides is 1. The van der Waals surface area contributed by atoms with Gasteiger partial charge in [-0.15, -0.1) is 13.2 Å². The van der Waals surface area contributed by atoms with Gasteiger partial charge in [0, 0.05) is 29.4 Å². The Bertz CT molecular complexity index is 1130. The molecule has 33 heavy (non-hydrogen) atoms. The van der Waals surface area contributed by atoms with Gasteiger partial charge in [0.05, 0.1) is 5.52 Å². The number of alkyl carbamates (subject to hydrolysis) is 1. The average molecular weight is 462 g/mol. The van der Waals surface area contributed by atoms with Crippen LogP contribution in [0.3, 0.4) is 0 Å². The SMILES string of the molecule is CC(C)(C)OC(=O)NCCCc1cn(-c2ccc(OC(F)(F)F)cc2)c2cc(C=O)ccc12. The number of benzene rings is 2. The summed E-state index contributed by atoms with van der Waals surface area (Å²) in [5.74, 6) is -0.315. The van der Waals surface area contributed by atoms with Gasteiger partial charge in [0.1, 0.15) is 17.6 Å². The molecule has 3 rings (SSSR count). The zero-order valence-electron chi connectivity index (χ0n) is 18.5. The molecule has 2 aromatic carbocycles. The summed E-state index contributed by atoms with van der Waals surface area (Å²) in [7, 11) is 0. The number of aldehydes is 1. The molecule has 3 aromatic rings. The fourth-order valence-electron chi connectivity index (χ4n) is 3.39. The molecule has 1 N–H and O–H groups in total. The zero-order valence-corrected chi connectivity index (χ0v) is 18.5. The number of ether oxygens (including phenoxy) is 2. The second-order valence-corrected chi connectivity index (χ2v) is 8.49. The van der Waals surface area contributed by atoms with Crippen molar-refractivity contribution in [3.05, 3.63) is 59.8 Å². The maximum absolute atomic E-state index is 12.4. The number of carbonyl (C=O) groups is 2. The molecule has 1 heterocycles. The number of carbonyl (C=O) groups excluding carboxylic acids is 2. The second kappa shape index (κ2) is 9.56. The molecular formula is C24H25F3N2O4. The number of aromatic nitrogens is 1. The maximum atomic E-state index is 12.4. The molecule has 9 heteroatoms. The van der Waals surface area contributed by atoms with Crippen LogP contribution in [0.4, 0.5) is 18.0 Å². The predicted octanol–water partition coefficient (Wildman–Crippen LogP) is 5.80. The molecule has 0 radical (unpaired) electrons. The van der Waals surface area contributed by atoms with E-state index in [9.17, 15) is 22.8 Å². The first-order chi connectivity index (χ1) is 15.4. The Morgan fingerprint density at radius 3 is 2.39 bits per heavy atom. The first kappa shape index (κ1) is 24.2. The number of alkyl halides is 3. The van der Waals surface area contributed by atoms with Crippen LogP contribution in [-0.2, 0) is 11.2 Å². The summed E-state index contributed by atoms with van der Waals surface area (Å²) in [5.41, 5.74) is 2.25. The molecule has 0 saturated heterocycles. The van der Waals surface area contributed by atoms with E-state index in [1.165, 1.54) is 24.3 Å². The van der Waals surface area contributed by atoms with Gasteiger partial charge in [0.15, 0.2) is 0 Å². The van der Waals surface area contributed by atoms with Crippen molar-refractivity contribution in [1.82, 2.24) is 9.88 Å². The van der Waals surface area contributed by atoms with Gasteiger partial charge in [-0.3, -0.25) is 4.79 Å². The molecule has 0 aliphatic carbocycles. The van der Waals surface area contributed by atoms with E-state index in [4.69, 9.17) is 4.74 Å². The summed E-state index contributed by atoms with van der Waals surface area (Å²) >= 11 is 0. The standard InChI is InChI=1S/C24H25F3N2O4/c1-23(2,3)33-22(31)28-12-4-5-17-14-29(21-13-16(15-30)6-11-20(17)21)18-7-9-19(10-8-18)32-24(25,26)27/h6-11,13-15H,4-5,12H2,1-3H3,(H,28,31). The maximum Gasteiger partial charge on any atom is 0.573 e. The molecule has 1 aromatic heterocycles. The lowest BCUT2D eigenvalue weighted by Crippen LogP contribution is -2.33. The summed E-state index contributed by atoms with van der Waals surface area (Å²) < 4.78 is 48.3. The Labute approximate surface area is 189 Å². The molecule has 0 unspecified atom stereocenters. The van der Waals surface area contributed by atoms with Crippen molar-refractivity contribution in [2.45, 2.75) is 45.6 Å². The van der Waals surface area contributed by atoms with Crippen LogP contribution in [0.1, 0.15) is 43.1 Å². The predicted molar refractivity (Wildman–Crippen MR) is 118 cm³/mol. The number of aryl methyl sites for hydroxylation is 1. The van der Waals surface area contributed by atoms with Gasteiger partial charge in [-0.05, 0) is 69.5 Å². The van der Waals surface area contributed by atoms with Gasteiger partial charge in [-0.25, -0.2) is 4.79 Å². The first-order valence-corrected chi connectivity index (χ1v) is 10.4. The van der Waals surface area contributed by atoms with Gasteiger partial charge >= 0.3 is 12.5 Å². The number of fused-ring (bicyclic) bond motifs is 1. The van der Waals surface area contributed by atoms with E-state index in [0.29, 0.717) is 30.6 Å². The fourth-order valence-corrected chi connectivity index (χ4v) is 3.39. The van der Waals surface area contributed by atoms with E-state index in [-0.39, 0.29) is 5.75 Å². The Morgan fingerprint density at radius 2 is 1.79 bits per heavy atom. The number of hydrogen-bond donors (Lipinski definition) is 1. The molecule has 0 saturated carbocycles. The third kappa shape index (κ3) is 6.74. The molecule has 0 fully saturated rings. The first-order valence-electron chi connectivity index (χ1n) is 10.4. The average Bonchev–Trinajstić information content (AvgIpc) is 3.07. The van der Waals surface area contributed by atoms with Crippen molar-refractivity contribution in [2.75, 3.05) is 6.54 Å². The van der Waals surface area contributed by atoms with Gasteiger partial charge in [-0.1, -0.05) is 12.1 Å². The molecular weight excluding hydrogens is 437 g/mol. The van der Waals surface area contributed by atoms with Gasteiger partial charge in [0.2, 0.25) is 0 Å². The highest BCUT2D eigenvalue weighted by atomic mass is 19.4. The molecule has 0 aliphatic rings. The van der Waals surface area contributed by atoms with Crippen LogP contribution in [0, 0.1) is 0 Å². The molecule has 176 valence electrons. The van der Waals surface area contributed by atoms with E-state index < -0.39 is 18.1 Å². The highest BCUT2D eigenvalue weighted by Crippen LogP contribution is 2.29. The van der Waals surface area contributed by atoms with E-state index in [1.807, 2.05) is 16.8 Å². The summed E-state index contributed by atoms with van der Waals surface area (Å²) in [6.45, 7) is 5.78. The summed E-state index contributed by atoms with van der Waals surface area (Å²) in [5, 5.41) is 3.63. The van der Waals surface area contributed by atoms with Crippen molar-refractivity contribution in [3.8, 4) is 11.4 Å². The van der Waals surface area contributed by atoms with Crippen LogP contribution in [0.15, 0.2) is 48.7 Å². The minimum absolute atomic E-state index is 0.315. The van der Waals surface area contributed by atoms with Gasteiger partial charge in [-0.2, -0.15) is 0 Å². The monoisotopic (exact) mass is 462 g/mol. The van der Waals surface area contributed by atoms with Crippen LogP contribution >= 0.6 is 0 Å². The lowest BCUT2D eigenvalue weighted by atomic mass is 10.1. The molecule has 0 atom stereocenters. The van der Waals surface area contributed by atoms with Crippen molar-refractivity contribution in [3.63, 3.8) is 0 Å². The Kier molecular flexibility index (Phi) is 7.00. The Hall–Kier alpha value is -3.49. The van der Waals surface area contributed by atoms with Crippen molar-refractivity contribution in [2.24, 2.45) is 0 Å². The third-order valence-electron chi connectivity index (χ3n) is 4.69. The number of nitrogens with one attached hydrogen (secondary N) is 1. The Balaban J connectivity index is 1.80. The number of hydrogen-bond acceptors (Lipinski definition) is 4. The second-order valence-electron chi connectivity index (χ2n) is 8.49. The molecule has 0 aliphatic heterocycles. The highest BCUT2D eigenvalue weighted by Gasteiger charge is 2.31. The van der Waals surface area contributed by atoms with Crippen molar-refractivity contribution < 1.29 is 32.2 Å². The van der Waals surface area contributed by atoms with E-state index in [0.717, 1.165) is 22.8 Å². The molecule has 1 amide bonds. The number of nitrogens with zero attached hydrogens (tertiary/aromatic N) is 1. The summed E-state index contributed by atoms with van der Waals surface area (Å²) in [6, 6.07) is 10.8. The molecule has 0 spiro atoms. The summed E-state index contributed by atoms with van der Waals surface area (Å²) in [4.78, 5) is 23.1. The van der Waals surface area contributed by atoms with Crippen molar-refractivity contribution in [1.29, 1.82) is 0 Å². The molecule has 6 nitrogen and oxygen atoms in total. The van der Waals surface area contributed by atoms with E-state index in [2.05, 4.69) is 10.1 Å². The lowest BCUT2D eigenvalue weighted by molar-refractivity contribution is -0.274. The van der Waals surface area contributed by atoms with Crippen LogP contribution in [0.5, 0.6) is 5.75 Å². The minimum atomic E-state index is -4.76. The van der Waals surface area contributed by atoms with Crippen LogP contribution in [-0.4, -0.2) is 35.5 Å². The highest BCUT2D eigenvalue weighted by molar-refractivity contribution is 5.90. The van der Waals surface area contributed by atoms with Gasteiger partial charge < -0.3 is 19.4 Å². The van der Waals surface area contributed by atoms with E-state index >= 15 is 0 Å². The van der Waals surface area contributed by atoms with Gasteiger partial charge in [0.25, 0.3) is 0 Å². The van der Waals surface area contributed by atoms with Crippen LogP contribution in [0.2, 0.25) is 0 Å². The van der Waals surface area contributed by atoms with Crippen LogP contribution < -0.4 is 10.1 Å². The minimum Gasteiger partial charge on any atom is -0.444 e. The van der Waals surface area contributed by atoms with E-state index in [1.54, 1.807) is 32.9 Å².